The van der Waals surface area contributed by atoms with Crippen LogP contribution >= 0.6 is 0 Å². The predicted octanol–water partition coefficient (Wildman–Crippen LogP) is 2.31. The average molecular weight is 279 g/mol. The van der Waals surface area contributed by atoms with Crippen molar-refractivity contribution in [2.24, 2.45) is 17.1 Å². The topological polar surface area (TPSA) is 32.5 Å². The Kier molecular flexibility index (Phi) is 3.67. The van der Waals surface area contributed by atoms with E-state index < -0.39 is 0 Å². The van der Waals surface area contributed by atoms with Gasteiger partial charge in [-0.3, -0.25) is 4.90 Å². The van der Waals surface area contributed by atoms with Crippen LogP contribution in [0.15, 0.2) is 0 Å². The molecule has 0 saturated carbocycles. The van der Waals surface area contributed by atoms with Crippen LogP contribution in [0.1, 0.15) is 52.9 Å². The van der Waals surface area contributed by atoms with E-state index in [1.807, 2.05) is 0 Å². The summed E-state index contributed by atoms with van der Waals surface area (Å²) >= 11 is 0. The quantitative estimate of drug-likeness (QED) is 0.842. The molecule has 0 aromatic rings. The first kappa shape index (κ1) is 14.8. The maximum absolute atomic E-state index is 6.31. The SMILES string of the molecule is CN1C2CCC1CC(CN)(N1CCC(C(C)(C)C)C1)C2. The van der Waals surface area contributed by atoms with Gasteiger partial charge >= 0.3 is 0 Å². The Bertz CT molecular complexity index is 346. The van der Waals surface area contributed by atoms with Crippen molar-refractivity contribution in [2.75, 3.05) is 26.7 Å². The summed E-state index contributed by atoms with van der Waals surface area (Å²) in [7, 11) is 2.32. The van der Waals surface area contributed by atoms with Crippen molar-refractivity contribution < 1.29 is 0 Å². The molecule has 3 heterocycles. The molecule has 0 aromatic carbocycles. The van der Waals surface area contributed by atoms with E-state index in [9.17, 15) is 0 Å². The summed E-state index contributed by atoms with van der Waals surface area (Å²) in [5.74, 6) is 0.836. The van der Waals surface area contributed by atoms with E-state index in [1.165, 1.54) is 45.2 Å². The summed E-state index contributed by atoms with van der Waals surface area (Å²) < 4.78 is 0. The molecule has 3 saturated heterocycles. The van der Waals surface area contributed by atoms with Crippen LogP contribution in [0.4, 0.5) is 0 Å². The molecule has 2 bridgehead atoms. The Balaban J connectivity index is 1.75. The normalized spacial score (nSPS) is 43.4. The van der Waals surface area contributed by atoms with Gasteiger partial charge in [-0.15, -0.1) is 0 Å². The molecule has 3 aliphatic rings. The molecule has 3 unspecified atom stereocenters. The van der Waals surface area contributed by atoms with Gasteiger partial charge in [0.2, 0.25) is 0 Å². The van der Waals surface area contributed by atoms with Crippen LogP contribution in [0, 0.1) is 11.3 Å². The highest BCUT2D eigenvalue weighted by molar-refractivity contribution is 5.08. The number of piperidine rings is 1. The van der Waals surface area contributed by atoms with Crippen molar-refractivity contribution >= 4 is 0 Å². The van der Waals surface area contributed by atoms with Crippen molar-refractivity contribution in [2.45, 2.75) is 70.5 Å². The second kappa shape index (κ2) is 4.96. The molecule has 3 aliphatic heterocycles. The van der Waals surface area contributed by atoms with Gasteiger partial charge in [0.1, 0.15) is 0 Å². The number of nitrogens with zero attached hydrogens (tertiary/aromatic N) is 2. The third kappa shape index (κ3) is 2.32. The van der Waals surface area contributed by atoms with Crippen LogP contribution in [0.5, 0.6) is 0 Å². The lowest BCUT2D eigenvalue weighted by Crippen LogP contribution is -2.61. The third-order valence-electron chi connectivity index (χ3n) is 6.68. The molecule has 0 amide bonds. The summed E-state index contributed by atoms with van der Waals surface area (Å²) in [5, 5.41) is 0. The summed E-state index contributed by atoms with van der Waals surface area (Å²) in [6.45, 7) is 10.6. The van der Waals surface area contributed by atoms with E-state index in [4.69, 9.17) is 5.73 Å². The third-order valence-corrected chi connectivity index (χ3v) is 6.68. The maximum atomic E-state index is 6.31. The first-order valence-corrected chi connectivity index (χ1v) is 8.53. The molecule has 0 aliphatic carbocycles. The van der Waals surface area contributed by atoms with E-state index in [-0.39, 0.29) is 0 Å². The minimum atomic E-state index is 0.304. The van der Waals surface area contributed by atoms with Crippen LogP contribution in [0.2, 0.25) is 0 Å². The van der Waals surface area contributed by atoms with Gasteiger partial charge in [-0.1, -0.05) is 20.8 Å². The number of hydrogen-bond donors (Lipinski definition) is 1. The number of likely N-dealkylation sites (tertiary alicyclic amines) is 1. The number of hydrogen-bond acceptors (Lipinski definition) is 3. The van der Waals surface area contributed by atoms with E-state index in [1.54, 1.807) is 0 Å². The average Bonchev–Trinajstić information content (AvgIpc) is 2.94. The fourth-order valence-corrected chi connectivity index (χ4v) is 4.99. The first-order valence-electron chi connectivity index (χ1n) is 8.53. The zero-order chi connectivity index (χ0) is 14.5. The second-order valence-corrected chi connectivity index (χ2v) is 8.68. The monoisotopic (exact) mass is 279 g/mol. The smallest absolute Gasteiger partial charge is 0.0361 e. The summed E-state index contributed by atoms with van der Waals surface area (Å²) in [4.78, 5) is 5.41. The highest BCUT2D eigenvalue weighted by Crippen LogP contribution is 2.45. The van der Waals surface area contributed by atoms with Crippen molar-refractivity contribution in [1.29, 1.82) is 0 Å². The predicted molar refractivity (Wildman–Crippen MR) is 84.7 cm³/mol. The molecule has 0 radical (unpaired) electrons. The molecule has 3 fully saturated rings. The number of nitrogens with two attached hydrogens (primary N) is 1. The molecule has 116 valence electrons. The highest BCUT2D eigenvalue weighted by Gasteiger charge is 2.51. The largest absolute Gasteiger partial charge is 0.329 e. The fourth-order valence-electron chi connectivity index (χ4n) is 4.99. The number of rotatable bonds is 2. The van der Waals surface area contributed by atoms with Crippen LogP contribution in [0.25, 0.3) is 0 Å². The van der Waals surface area contributed by atoms with Gasteiger partial charge in [0, 0.05) is 30.7 Å². The van der Waals surface area contributed by atoms with Gasteiger partial charge < -0.3 is 10.6 Å². The lowest BCUT2D eigenvalue weighted by Gasteiger charge is -2.50. The van der Waals surface area contributed by atoms with Gasteiger partial charge in [-0.25, -0.2) is 0 Å². The molecule has 0 aromatic heterocycles. The highest BCUT2D eigenvalue weighted by atomic mass is 15.3. The fraction of sp³-hybridized carbons (Fsp3) is 1.00. The zero-order valence-corrected chi connectivity index (χ0v) is 13.9. The number of fused-ring (bicyclic) bond motifs is 2. The van der Waals surface area contributed by atoms with Crippen LogP contribution in [-0.2, 0) is 0 Å². The van der Waals surface area contributed by atoms with Crippen LogP contribution < -0.4 is 5.73 Å². The molecule has 3 nitrogen and oxygen atoms in total. The van der Waals surface area contributed by atoms with Crippen LogP contribution in [-0.4, -0.2) is 54.1 Å². The standard InChI is InChI=1S/C17H33N3/c1-16(2,3)13-7-8-20(11-13)17(12-18)9-14-5-6-15(10-17)19(14)4/h13-15H,5-12,18H2,1-4H3. The van der Waals surface area contributed by atoms with Gasteiger partial charge in [-0.2, -0.15) is 0 Å². The lowest BCUT2D eigenvalue weighted by molar-refractivity contribution is 0.00964. The Morgan fingerprint density at radius 3 is 2.15 bits per heavy atom. The molecule has 2 N–H and O–H groups in total. The Labute approximate surface area is 124 Å². The van der Waals surface area contributed by atoms with Gasteiger partial charge in [0.15, 0.2) is 0 Å². The Morgan fingerprint density at radius 2 is 1.70 bits per heavy atom. The van der Waals surface area contributed by atoms with Crippen molar-refractivity contribution in [3.8, 4) is 0 Å². The molecular weight excluding hydrogens is 246 g/mol. The Morgan fingerprint density at radius 1 is 1.10 bits per heavy atom. The maximum Gasteiger partial charge on any atom is 0.0361 e. The van der Waals surface area contributed by atoms with Gasteiger partial charge in [-0.05, 0) is 57.0 Å². The van der Waals surface area contributed by atoms with E-state index in [0.29, 0.717) is 11.0 Å². The zero-order valence-electron chi connectivity index (χ0n) is 13.9. The minimum Gasteiger partial charge on any atom is -0.329 e. The van der Waals surface area contributed by atoms with Crippen molar-refractivity contribution in [3.05, 3.63) is 0 Å². The molecule has 20 heavy (non-hydrogen) atoms. The van der Waals surface area contributed by atoms with E-state index in [0.717, 1.165) is 24.5 Å². The lowest BCUT2D eigenvalue weighted by atomic mass is 9.79. The Hall–Kier alpha value is -0.120. The summed E-state index contributed by atoms with van der Waals surface area (Å²) in [6, 6.07) is 1.57. The molecule has 0 spiro atoms. The molecule has 3 heteroatoms. The van der Waals surface area contributed by atoms with Gasteiger partial charge in [0.25, 0.3) is 0 Å². The van der Waals surface area contributed by atoms with E-state index >= 15 is 0 Å². The summed E-state index contributed by atoms with van der Waals surface area (Å²) in [5.41, 5.74) is 7.05. The van der Waals surface area contributed by atoms with Crippen molar-refractivity contribution in [1.82, 2.24) is 9.80 Å². The van der Waals surface area contributed by atoms with Gasteiger partial charge in [0.05, 0.1) is 0 Å². The molecule has 3 atom stereocenters. The van der Waals surface area contributed by atoms with Crippen LogP contribution in [0.3, 0.4) is 0 Å². The first-order chi connectivity index (χ1) is 9.36. The minimum absolute atomic E-state index is 0.304. The second-order valence-electron chi connectivity index (χ2n) is 8.68. The van der Waals surface area contributed by atoms with Crippen molar-refractivity contribution in [3.63, 3.8) is 0 Å². The molecular formula is C17H33N3. The summed E-state index contributed by atoms with van der Waals surface area (Å²) in [6.07, 6.45) is 6.73. The van der Waals surface area contributed by atoms with E-state index in [2.05, 4.69) is 37.6 Å². The molecule has 3 rings (SSSR count).